The number of benzene rings is 3. The summed E-state index contributed by atoms with van der Waals surface area (Å²) in [4.78, 5) is 17.3. The summed E-state index contributed by atoms with van der Waals surface area (Å²) >= 11 is 0. The Labute approximate surface area is 260 Å². The average Bonchev–Trinajstić information content (AvgIpc) is 3.27. The van der Waals surface area contributed by atoms with Gasteiger partial charge in [-0.2, -0.15) is 0 Å². The van der Waals surface area contributed by atoms with Crippen LogP contribution in [-0.2, 0) is 4.79 Å². The number of rotatable bonds is 9. The van der Waals surface area contributed by atoms with Crippen molar-refractivity contribution in [2.24, 2.45) is 11.3 Å². The topological polar surface area (TPSA) is 86.6 Å². The van der Waals surface area contributed by atoms with E-state index in [1.54, 1.807) is 12.1 Å². The molecular formula is C32H32F6N4O4. The zero-order chi connectivity index (χ0) is 33.3. The highest BCUT2D eigenvalue weighted by Crippen LogP contribution is 2.46. The van der Waals surface area contributed by atoms with Crippen molar-refractivity contribution < 1.29 is 45.3 Å². The minimum atomic E-state index is -4.87. The molecule has 2 atom stereocenters. The molecule has 4 aromatic rings. The lowest BCUT2D eigenvalue weighted by molar-refractivity contribution is -0.275. The van der Waals surface area contributed by atoms with Crippen LogP contribution in [0.2, 0.25) is 0 Å². The van der Waals surface area contributed by atoms with Gasteiger partial charge in [-0.1, -0.05) is 26.8 Å². The van der Waals surface area contributed by atoms with Crippen molar-refractivity contribution in [1.82, 2.24) is 9.55 Å². The van der Waals surface area contributed by atoms with Gasteiger partial charge in [-0.15, -0.1) is 26.3 Å². The van der Waals surface area contributed by atoms with E-state index in [0.717, 1.165) is 36.9 Å². The summed E-state index contributed by atoms with van der Waals surface area (Å²) in [5.74, 6) is -0.155. The van der Waals surface area contributed by atoms with Gasteiger partial charge in [0.2, 0.25) is 5.95 Å². The molecule has 1 saturated carbocycles. The van der Waals surface area contributed by atoms with Crippen molar-refractivity contribution in [2.45, 2.75) is 58.8 Å². The monoisotopic (exact) mass is 650 g/mol. The van der Waals surface area contributed by atoms with E-state index in [1.165, 1.54) is 36.4 Å². The highest BCUT2D eigenvalue weighted by Gasteiger charge is 2.35. The smallest absolute Gasteiger partial charge is 0.484 e. The van der Waals surface area contributed by atoms with Crippen molar-refractivity contribution in [3.05, 3.63) is 66.7 Å². The van der Waals surface area contributed by atoms with E-state index in [2.05, 4.69) is 45.4 Å². The Morgan fingerprint density at radius 2 is 1.57 bits per heavy atom. The maximum absolute atomic E-state index is 12.6. The number of halogens is 6. The fourth-order valence-corrected chi connectivity index (χ4v) is 6.10. The molecule has 0 spiro atoms. The van der Waals surface area contributed by atoms with Crippen LogP contribution in [0.1, 0.15) is 46.1 Å². The van der Waals surface area contributed by atoms with Crippen LogP contribution in [-0.4, -0.2) is 34.8 Å². The lowest BCUT2D eigenvalue weighted by Crippen LogP contribution is -2.29. The van der Waals surface area contributed by atoms with E-state index in [4.69, 9.17) is 9.72 Å². The molecule has 8 nitrogen and oxygen atoms in total. The van der Waals surface area contributed by atoms with Crippen molar-refractivity contribution in [1.29, 1.82) is 0 Å². The number of nitrogens with zero attached hydrogens (tertiary/aromatic N) is 2. The predicted octanol–water partition coefficient (Wildman–Crippen LogP) is 8.98. The van der Waals surface area contributed by atoms with Crippen LogP contribution in [0, 0.1) is 11.3 Å². The van der Waals surface area contributed by atoms with Crippen LogP contribution in [0.25, 0.3) is 11.0 Å². The number of amides is 1. The first-order chi connectivity index (χ1) is 21.5. The standard InChI is InChI=1S/C32H32F6N4O4/c1-19-13-22(17-30(2,3)16-19)42-27-12-11-24(44-18-28(43)39-21-5-4-6-25(14-21)46-32(36,37)38)15-26(27)41-29(42)40-20-7-9-23(10-8-20)45-31(33,34)35/h4-12,14-15,19,22H,13,16-18H2,1-3H3,(H,39,43)(H,40,41)/t19-,22+/m1/s1. The summed E-state index contributed by atoms with van der Waals surface area (Å²) in [6, 6.07) is 15.5. The summed E-state index contributed by atoms with van der Waals surface area (Å²) in [5.41, 5.74) is 2.04. The Balaban J connectivity index is 1.35. The summed E-state index contributed by atoms with van der Waals surface area (Å²) in [6.45, 7) is 6.22. The Hall–Kier alpha value is -4.62. The second kappa shape index (κ2) is 12.6. The van der Waals surface area contributed by atoms with Crippen LogP contribution < -0.4 is 24.8 Å². The summed E-state index contributed by atoms with van der Waals surface area (Å²) in [6.07, 6.45) is -6.82. The molecule has 0 bridgehead atoms. The van der Waals surface area contributed by atoms with E-state index in [-0.39, 0.29) is 22.9 Å². The third kappa shape index (κ3) is 8.76. The zero-order valence-corrected chi connectivity index (χ0v) is 25.1. The van der Waals surface area contributed by atoms with Gasteiger partial charge in [-0.25, -0.2) is 4.98 Å². The van der Waals surface area contributed by atoms with Crippen LogP contribution >= 0.6 is 0 Å². The van der Waals surface area contributed by atoms with Crippen LogP contribution in [0.4, 0.5) is 43.7 Å². The summed E-state index contributed by atoms with van der Waals surface area (Å²) in [7, 11) is 0. The molecule has 0 aliphatic heterocycles. The van der Waals surface area contributed by atoms with Gasteiger partial charge in [0, 0.05) is 29.5 Å². The number of carbonyl (C=O) groups is 1. The van der Waals surface area contributed by atoms with Crippen LogP contribution in [0.3, 0.4) is 0 Å². The van der Waals surface area contributed by atoms with Gasteiger partial charge >= 0.3 is 12.7 Å². The van der Waals surface area contributed by atoms with Crippen LogP contribution in [0.15, 0.2) is 66.7 Å². The molecule has 0 radical (unpaired) electrons. The van der Waals surface area contributed by atoms with Gasteiger partial charge < -0.3 is 29.4 Å². The first-order valence-electron chi connectivity index (χ1n) is 14.5. The number of alkyl halides is 6. The molecule has 0 saturated heterocycles. The third-order valence-corrected chi connectivity index (χ3v) is 7.46. The van der Waals surface area contributed by atoms with Crippen LogP contribution in [0.5, 0.6) is 17.2 Å². The molecule has 5 rings (SSSR count). The van der Waals surface area contributed by atoms with Gasteiger partial charge in [0.25, 0.3) is 5.91 Å². The quantitative estimate of drug-likeness (QED) is 0.176. The number of imidazole rings is 1. The normalized spacial score (nSPS) is 18.2. The highest BCUT2D eigenvalue weighted by molar-refractivity contribution is 5.92. The zero-order valence-electron chi connectivity index (χ0n) is 25.1. The van der Waals surface area contributed by atoms with E-state index in [9.17, 15) is 31.1 Å². The Morgan fingerprint density at radius 3 is 2.24 bits per heavy atom. The molecule has 3 aromatic carbocycles. The fraction of sp³-hybridized carbons (Fsp3) is 0.375. The first kappa shape index (κ1) is 32.8. The third-order valence-electron chi connectivity index (χ3n) is 7.46. The average molecular weight is 651 g/mol. The van der Waals surface area contributed by atoms with Crippen molar-refractivity contribution in [3.8, 4) is 17.2 Å². The first-order valence-corrected chi connectivity index (χ1v) is 14.5. The number of nitrogens with one attached hydrogen (secondary N) is 2. The number of hydrogen-bond acceptors (Lipinski definition) is 6. The maximum Gasteiger partial charge on any atom is 0.573 e. The number of hydrogen-bond donors (Lipinski definition) is 2. The maximum atomic E-state index is 12.6. The molecule has 246 valence electrons. The van der Waals surface area contributed by atoms with Gasteiger partial charge in [0.1, 0.15) is 17.2 Å². The Kier molecular flexibility index (Phi) is 9.00. The molecule has 14 heteroatoms. The molecule has 2 N–H and O–H groups in total. The SMILES string of the molecule is C[C@@H]1C[C@H](n2c(Nc3ccc(OC(F)(F)F)cc3)nc3cc(OCC(=O)Nc4cccc(OC(F)(F)F)c4)ccc32)CC(C)(C)C1. The van der Waals surface area contributed by atoms with E-state index in [1.807, 2.05) is 6.07 Å². The molecule has 1 aliphatic carbocycles. The number of anilines is 3. The second-order valence-electron chi connectivity index (χ2n) is 12.1. The summed E-state index contributed by atoms with van der Waals surface area (Å²) < 4.78 is 91.1. The van der Waals surface area contributed by atoms with Crippen molar-refractivity contribution in [2.75, 3.05) is 17.2 Å². The van der Waals surface area contributed by atoms with Gasteiger partial charge in [-0.3, -0.25) is 4.79 Å². The van der Waals surface area contributed by atoms with Gasteiger partial charge in [-0.05, 0) is 79.1 Å². The highest BCUT2D eigenvalue weighted by atomic mass is 19.4. The molecule has 1 fully saturated rings. The molecular weight excluding hydrogens is 618 g/mol. The number of fused-ring (bicyclic) bond motifs is 1. The van der Waals surface area contributed by atoms with E-state index >= 15 is 0 Å². The number of aromatic nitrogens is 2. The van der Waals surface area contributed by atoms with Crippen molar-refractivity contribution >= 4 is 34.3 Å². The Bertz CT molecular complexity index is 1680. The second-order valence-corrected chi connectivity index (χ2v) is 12.1. The molecule has 1 heterocycles. The molecule has 0 unspecified atom stereocenters. The lowest BCUT2D eigenvalue weighted by Gasteiger charge is -2.40. The number of carbonyl (C=O) groups excluding carboxylic acids is 1. The molecule has 46 heavy (non-hydrogen) atoms. The van der Waals surface area contributed by atoms with Crippen molar-refractivity contribution in [3.63, 3.8) is 0 Å². The molecule has 1 aromatic heterocycles. The van der Waals surface area contributed by atoms with E-state index in [0.29, 0.717) is 28.8 Å². The minimum Gasteiger partial charge on any atom is -0.484 e. The number of ether oxygens (including phenoxy) is 3. The molecule has 1 aliphatic rings. The lowest BCUT2D eigenvalue weighted by atomic mass is 9.70. The fourth-order valence-electron chi connectivity index (χ4n) is 6.10. The van der Waals surface area contributed by atoms with E-state index < -0.39 is 31.0 Å². The largest absolute Gasteiger partial charge is 0.573 e. The van der Waals surface area contributed by atoms with Gasteiger partial charge in [0.05, 0.1) is 11.0 Å². The minimum absolute atomic E-state index is 0.0710. The predicted molar refractivity (Wildman–Crippen MR) is 159 cm³/mol. The van der Waals surface area contributed by atoms with Gasteiger partial charge in [0.15, 0.2) is 6.61 Å². The molecule has 1 amide bonds. The summed E-state index contributed by atoms with van der Waals surface area (Å²) in [5, 5.41) is 5.71. The Morgan fingerprint density at radius 1 is 0.891 bits per heavy atom.